The minimum absolute atomic E-state index is 0.0123. The molecule has 0 spiro atoms. The first-order chi connectivity index (χ1) is 11.0. The zero-order valence-electron chi connectivity index (χ0n) is 12.9. The van der Waals surface area contributed by atoms with Crippen molar-refractivity contribution in [3.8, 4) is 0 Å². The van der Waals surface area contributed by atoms with Crippen LogP contribution in [0.25, 0.3) is 0 Å². The zero-order chi connectivity index (χ0) is 16.4. The third kappa shape index (κ3) is 3.54. The maximum atomic E-state index is 13.8. The summed E-state index contributed by atoms with van der Waals surface area (Å²) in [5, 5.41) is 4.47. The van der Waals surface area contributed by atoms with E-state index in [-0.39, 0.29) is 11.7 Å². The molecule has 1 aromatic carbocycles. The summed E-state index contributed by atoms with van der Waals surface area (Å²) in [6.45, 7) is 3.06. The Morgan fingerprint density at radius 3 is 2.65 bits per heavy atom. The number of carbonyl (C=O) groups excluding carboxylic acids is 1. The van der Waals surface area contributed by atoms with E-state index < -0.39 is 0 Å². The van der Waals surface area contributed by atoms with Gasteiger partial charge in [-0.25, -0.2) is 4.39 Å². The van der Waals surface area contributed by atoms with Gasteiger partial charge in [0.1, 0.15) is 5.82 Å². The van der Waals surface area contributed by atoms with Gasteiger partial charge in [-0.1, -0.05) is 17.7 Å². The first-order valence-corrected chi connectivity index (χ1v) is 7.85. The molecule has 0 N–H and O–H groups in total. The molecule has 0 bridgehead atoms. The van der Waals surface area contributed by atoms with Gasteiger partial charge < -0.3 is 4.90 Å². The van der Waals surface area contributed by atoms with Crippen molar-refractivity contribution >= 4 is 17.5 Å². The van der Waals surface area contributed by atoms with E-state index >= 15 is 0 Å². The molecule has 0 atom stereocenters. The fourth-order valence-electron chi connectivity index (χ4n) is 2.73. The Labute approximate surface area is 139 Å². The quantitative estimate of drug-likeness (QED) is 0.862. The molecule has 1 aromatic heterocycles. The Morgan fingerprint density at radius 1 is 1.30 bits per heavy atom. The van der Waals surface area contributed by atoms with Crippen LogP contribution in [0.15, 0.2) is 30.6 Å². The molecule has 3 rings (SSSR count). The van der Waals surface area contributed by atoms with Crippen LogP contribution in [0.1, 0.15) is 15.9 Å². The highest BCUT2D eigenvalue weighted by Crippen LogP contribution is 2.21. The van der Waals surface area contributed by atoms with E-state index in [4.69, 9.17) is 11.6 Å². The number of hydrogen-bond donors (Lipinski definition) is 0. The number of rotatable bonds is 3. The molecule has 0 radical (unpaired) electrons. The van der Waals surface area contributed by atoms with Crippen molar-refractivity contribution in [2.75, 3.05) is 26.2 Å². The number of nitrogens with zero attached hydrogens (tertiary/aromatic N) is 4. The highest BCUT2D eigenvalue weighted by Gasteiger charge is 2.23. The largest absolute Gasteiger partial charge is 0.336 e. The highest BCUT2D eigenvalue weighted by atomic mass is 35.5. The second kappa shape index (κ2) is 6.68. The molecule has 0 aliphatic carbocycles. The lowest BCUT2D eigenvalue weighted by molar-refractivity contribution is 0.0627. The number of piperazine rings is 1. The molecule has 0 saturated carbocycles. The molecule has 1 fully saturated rings. The Kier molecular flexibility index (Phi) is 4.63. The Morgan fingerprint density at radius 2 is 2.04 bits per heavy atom. The Balaban J connectivity index is 1.59. The average molecular weight is 337 g/mol. The van der Waals surface area contributed by atoms with Crippen molar-refractivity contribution in [1.29, 1.82) is 0 Å². The zero-order valence-corrected chi connectivity index (χ0v) is 13.6. The Bertz CT molecular complexity index is 690. The molecule has 1 aliphatic rings. The molecule has 23 heavy (non-hydrogen) atoms. The van der Waals surface area contributed by atoms with E-state index in [2.05, 4.69) is 10.00 Å². The molecule has 1 amide bonds. The summed E-state index contributed by atoms with van der Waals surface area (Å²) >= 11 is 6.07. The van der Waals surface area contributed by atoms with E-state index in [9.17, 15) is 9.18 Å². The van der Waals surface area contributed by atoms with E-state index in [1.54, 1.807) is 41.2 Å². The maximum Gasteiger partial charge on any atom is 0.257 e. The topological polar surface area (TPSA) is 41.4 Å². The summed E-state index contributed by atoms with van der Waals surface area (Å²) in [6, 6.07) is 4.72. The van der Waals surface area contributed by atoms with Crippen molar-refractivity contribution in [3.05, 3.63) is 52.6 Å². The van der Waals surface area contributed by atoms with Crippen LogP contribution in [0.3, 0.4) is 0 Å². The first kappa shape index (κ1) is 16.0. The van der Waals surface area contributed by atoms with Crippen LogP contribution in [0.5, 0.6) is 0 Å². The summed E-state index contributed by atoms with van der Waals surface area (Å²) in [6.07, 6.45) is 3.29. The van der Waals surface area contributed by atoms with Crippen LogP contribution in [0, 0.1) is 5.82 Å². The smallest absolute Gasteiger partial charge is 0.257 e. The summed E-state index contributed by atoms with van der Waals surface area (Å²) < 4.78 is 15.5. The SMILES string of the molecule is Cn1cc(C(=O)N2CCN(Cc3c(F)cccc3Cl)CC2)cn1. The van der Waals surface area contributed by atoms with Gasteiger partial charge in [-0.3, -0.25) is 14.4 Å². The predicted molar refractivity (Wildman–Crippen MR) is 85.8 cm³/mol. The van der Waals surface area contributed by atoms with Gasteiger partial charge in [-0.05, 0) is 12.1 Å². The third-order valence-electron chi connectivity index (χ3n) is 4.05. The second-order valence-corrected chi connectivity index (χ2v) is 6.08. The molecule has 0 unspecified atom stereocenters. The van der Waals surface area contributed by atoms with E-state index in [1.165, 1.54) is 6.07 Å². The summed E-state index contributed by atoms with van der Waals surface area (Å²) in [7, 11) is 1.78. The number of aryl methyl sites for hydroxylation is 1. The van der Waals surface area contributed by atoms with E-state index in [0.29, 0.717) is 48.9 Å². The molecule has 1 aliphatic heterocycles. The summed E-state index contributed by atoms with van der Waals surface area (Å²) in [4.78, 5) is 16.3. The van der Waals surface area contributed by atoms with Gasteiger partial charge in [-0.15, -0.1) is 0 Å². The molecule has 2 heterocycles. The summed E-state index contributed by atoms with van der Waals surface area (Å²) in [5.74, 6) is -0.298. The van der Waals surface area contributed by atoms with Crippen LogP contribution in [0.4, 0.5) is 4.39 Å². The predicted octanol–water partition coefficient (Wildman–Crippen LogP) is 2.17. The van der Waals surface area contributed by atoms with Crippen molar-refractivity contribution in [2.45, 2.75) is 6.54 Å². The number of benzene rings is 1. The average Bonchev–Trinajstić information content (AvgIpc) is 2.97. The highest BCUT2D eigenvalue weighted by molar-refractivity contribution is 6.31. The molecule has 2 aromatic rings. The third-order valence-corrected chi connectivity index (χ3v) is 4.41. The second-order valence-electron chi connectivity index (χ2n) is 5.67. The lowest BCUT2D eigenvalue weighted by atomic mass is 10.1. The fourth-order valence-corrected chi connectivity index (χ4v) is 2.95. The van der Waals surface area contributed by atoms with Gasteiger partial charge in [-0.2, -0.15) is 5.10 Å². The lowest BCUT2D eigenvalue weighted by Crippen LogP contribution is -2.48. The lowest BCUT2D eigenvalue weighted by Gasteiger charge is -2.34. The number of hydrogen-bond acceptors (Lipinski definition) is 3. The van der Waals surface area contributed by atoms with Gasteiger partial charge in [0.2, 0.25) is 0 Å². The molecule has 7 heteroatoms. The van der Waals surface area contributed by atoms with Crippen molar-refractivity contribution < 1.29 is 9.18 Å². The molecule has 1 saturated heterocycles. The molecular formula is C16H18ClFN4O. The summed E-state index contributed by atoms with van der Waals surface area (Å²) in [5.41, 5.74) is 1.11. The molecular weight excluding hydrogens is 319 g/mol. The number of carbonyl (C=O) groups is 1. The monoisotopic (exact) mass is 336 g/mol. The van der Waals surface area contributed by atoms with Crippen LogP contribution in [0.2, 0.25) is 5.02 Å². The van der Waals surface area contributed by atoms with Gasteiger partial charge in [0, 0.05) is 56.6 Å². The molecule has 5 nitrogen and oxygen atoms in total. The van der Waals surface area contributed by atoms with E-state index in [1.807, 2.05) is 0 Å². The van der Waals surface area contributed by atoms with Crippen LogP contribution >= 0.6 is 11.6 Å². The number of aromatic nitrogens is 2. The molecule has 122 valence electrons. The standard InChI is InChI=1S/C16H18ClFN4O/c1-20-10-12(9-19-20)16(23)22-7-5-21(6-8-22)11-13-14(17)3-2-4-15(13)18/h2-4,9-10H,5-8,11H2,1H3. The van der Waals surface area contributed by atoms with Crippen LogP contribution in [-0.4, -0.2) is 51.7 Å². The van der Waals surface area contributed by atoms with Gasteiger partial charge in [0.05, 0.1) is 11.8 Å². The minimum atomic E-state index is -0.286. The Hall–Kier alpha value is -1.92. The van der Waals surface area contributed by atoms with Crippen molar-refractivity contribution in [2.24, 2.45) is 7.05 Å². The number of amides is 1. The van der Waals surface area contributed by atoms with E-state index in [0.717, 1.165) is 0 Å². The normalized spacial score (nSPS) is 15.9. The van der Waals surface area contributed by atoms with Crippen LogP contribution in [-0.2, 0) is 13.6 Å². The maximum absolute atomic E-state index is 13.8. The fraction of sp³-hybridized carbons (Fsp3) is 0.375. The van der Waals surface area contributed by atoms with Gasteiger partial charge in [0.15, 0.2) is 0 Å². The number of halogens is 2. The van der Waals surface area contributed by atoms with Gasteiger partial charge in [0.25, 0.3) is 5.91 Å². The van der Waals surface area contributed by atoms with Crippen molar-refractivity contribution in [3.63, 3.8) is 0 Å². The minimum Gasteiger partial charge on any atom is -0.336 e. The first-order valence-electron chi connectivity index (χ1n) is 7.48. The van der Waals surface area contributed by atoms with Crippen molar-refractivity contribution in [1.82, 2.24) is 19.6 Å². The van der Waals surface area contributed by atoms with Crippen LogP contribution < -0.4 is 0 Å². The van der Waals surface area contributed by atoms with Gasteiger partial charge >= 0.3 is 0 Å².